The molecule has 2 rings (SSSR count). The predicted octanol–water partition coefficient (Wildman–Crippen LogP) is -1.51. The monoisotopic (exact) mass is 518 g/mol. The van der Waals surface area contributed by atoms with Gasteiger partial charge in [-0.05, 0) is 30.4 Å². The zero-order chi connectivity index (χ0) is 27.7. The number of carbonyl (C=O) groups is 5. The number of aliphatic carboxylic acids is 1. The Hall–Kier alpha value is -3.97. The molecule has 4 atom stereocenters. The Kier molecular flexibility index (Phi) is 10.6. The average molecular weight is 519 g/mol. The number of carbonyl (C=O) groups excluding carboxylic acids is 4. The van der Waals surface area contributed by atoms with Gasteiger partial charge in [0.15, 0.2) is 0 Å². The van der Waals surface area contributed by atoms with Crippen molar-refractivity contribution in [1.29, 1.82) is 0 Å². The van der Waals surface area contributed by atoms with Crippen LogP contribution in [0.4, 0.5) is 0 Å². The van der Waals surface area contributed by atoms with Gasteiger partial charge in [0, 0.05) is 23.5 Å². The highest BCUT2D eigenvalue weighted by atomic mass is 16.4. The summed E-state index contributed by atoms with van der Waals surface area (Å²) in [5.74, 6) is -4.91. The summed E-state index contributed by atoms with van der Waals surface area (Å²) in [7, 11) is 0. The molecule has 13 heteroatoms. The van der Waals surface area contributed by atoms with E-state index in [1.54, 1.807) is 20.0 Å². The topological polar surface area (TPSA) is 230 Å². The number of hydrogen-bond acceptors (Lipinski definition) is 7. The number of nitrogens with one attached hydrogen (secondary N) is 4. The summed E-state index contributed by atoms with van der Waals surface area (Å²) in [5, 5.41) is 27.0. The number of aromatic amines is 1. The van der Waals surface area contributed by atoms with Crippen LogP contribution in [0.5, 0.6) is 0 Å². The predicted molar refractivity (Wildman–Crippen MR) is 134 cm³/mol. The number of nitrogens with two attached hydrogens (primary N) is 2. The quantitative estimate of drug-likeness (QED) is 0.146. The molecule has 4 unspecified atom stereocenters. The molecule has 0 aliphatic carbocycles. The van der Waals surface area contributed by atoms with Crippen LogP contribution in [0, 0.1) is 5.92 Å². The molecule has 0 saturated heterocycles. The molecule has 13 nitrogen and oxygen atoms in total. The number of primary amides is 1. The highest BCUT2D eigenvalue weighted by Crippen LogP contribution is 2.18. The van der Waals surface area contributed by atoms with Gasteiger partial charge in [-0.25, -0.2) is 4.79 Å². The maximum Gasteiger partial charge on any atom is 0.326 e. The number of carboxylic acid groups (broad SMARTS) is 1. The maximum absolute atomic E-state index is 12.8. The highest BCUT2D eigenvalue weighted by Gasteiger charge is 2.32. The van der Waals surface area contributed by atoms with Gasteiger partial charge in [0.05, 0.1) is 12.6 Å². The van der Waals surface area contributed by atoms with Gasteiger partial charge in [-0.1, -0.05) is 32.0 Å². The van der Waals surface area contributed by atoms with Gasteiger partial charge in [0.1, 0.15) is 18.1 Å². The first-order valence-corrected chi connectivity index (χ1v) is 11.8. The standard InChI is InChI=1S/C24H34N6O7/c1-12(2)20(23(35)28-17(24(36)37)7-8-19(26)32)30-22(34)18(11-31)29-21(33)15(25)9-13-10-27-16-6-4-3-5-14(13)16/h3-6,10,12,15,17-18,20,27,31H,7-9,11,25H2,1-2H3,(H2,26,32)(H,28,35)(H,29,33)(H,30,34)(H,36,37). The van der Waals surface area contributed by atoms with E-state index in [1.165, 1.54) is 0 Å². The van der Waals surface area contributed by atoms with E-state index < -0.39 is 66.3 Å². The third-order valence-corrected chi connectivity index (χ3v) is 5.81. The van der Waals surface area contributed by atoms with Crippen LogP contribution in [-0.2, 0) is 30.4 Å². The molecule has 1 aromatic carbocycles. The first-order chi connectivity index (χ1) is 17.4. The molecule has 202 valence electrons. The summed E-state index contributed by atoms with van der Waals surface area (Å²) >= 11 is 0. The molecule has 0 spiro atoms. The van der Waals surface area contributed by atoms with Crippen molar-refractivity contribution in [1.82, 2.24) is 20.9 Å². The number of amides is 4. The lowest BCUT2D eigenvalue weighted by molar-refractivity contribution is -0.143. The van der Waals surface area contributed by atoms with Crippen molar-refractivity contribution in [2.24, 2.45) is 17.4 Å². The van der Waals surface area contributed by atoms with E-state index in [1.807, 2.05) is 24.3 Å². The molecule has 1 heterocycles. The van der Waals surface area contributed by atoms with Crippen LogP contribution in [0.2, 0.25) is 0 Å². The van der Waals surface area contributed by atoms with Crippen molar-refractivity contribution in [3.8, 4) is 0 Å². The Labute approximate surface area is 213 Å². The van der Waals surface area contributed by atoms with Crippen LogP contribution in [0.1, 0.15) is 32.3 Å². The SMILES string of the molecule is CC(C)C(NC(=O)C(CO)NC(=O)C(N)Cc1c[nH]c2ccccc12)C(=O)NC(CCC(N)=O)C(=O)O. The van der Waals surface area contributed by atoms with E-state index in [9.17, 15) is 34.2 Å². The molecule has 0 fully saturated rings. The normalized spacial score (nSPS) is 14.4. The second-order valence-corrected chi connectivity index (χ2v) is 9.05. The number of H-pyrrole nitrogens is 1. The van der Waals surface area contributed by atoms with Gasteiger partial charge in [-0.2, -0.15) is 0 Å². The van der Waals surface area contributed by atoms with Gasteiger partial charge in [0.2, 0.25) is 23.6 Å². The van der Waals surface area contributed by atoms with E-state index in [0.717, 1.165) is 16.5 Å². The third kappa shape index (κ3) is 8.29. The van der Waals surface area contributed by atoms with Crippen molar-refractivity contribution in [2.45, 2.75) is 57.3 Å². The van der Waals surface area contributed by atoms with Crippen molar-refractivity contribution in [2.75, 3.05) is 6.61 Å². The molecule has 37 heavy (non-hydrogen) atoms. The van der Waals surface area contributed by atoms with Crippen molar-refractivity contribution >= 4 is 40.5 Å². The Morgan fingerprint density at radius 3 is 2.22 bits per heavy atom. The molecule has 10 N–H and O–H groups in total. The second kappa shape index (κ2) is 13.4. The molecule has 4 amide bonds. The number of hydrogen-bond donors (Lipinski definition) is 8. The van der Waals surface area contributed by atoms with E-state index in [4.69, 9.17) is 11.5 Å². The van der Waals surface area contributed by atoms with E-state index in [2.05, 4.69) is 20.9 Å². The Morgan fingerprint density at radius 2 is 1.62 bits per heavy atom. The van der Waals surface area contributed by atoms with Gasteiger partial charge < -0.3 is 42.6 Å². The molecule has 0 radical (unpaired) electrons. The lowest BCUT2D eigenvalue weighted by atomic mass is 10.0. The maximum atomic E-state index is 12.8. The van der Waals surface area contributed by atoms with E-state index in [0.29, 0.717) is 0 Å². The molecule has 0 saturated carbocycles. The average Bonchev–Trinajstić information content (AvgIpc) is 3.25. The highest BCUT2D eigenvalue weighted by molar-refractivity contribution is 5.94. The van der Waals surface area contributed by atoms with Crippen molar-refractivity contribution < 1.29 is 34.2 Å². The van der Waals surface area contributed by atoms with Crippen LogP contribution in [-0.4, -0.2) is 75.6 Å². The van der Waals surface area contributed by atoms with E-state index >= 15 is 0 Å². The first-order valence-electron chi connectivity index (χ1n) is 11.8. The minimum Gasteiger partial charge on any atom is -0.480 e. The third-order valence-electron chi connectivity index (χ3n) is 5.81. The molecular weight excluding hydrogens is 484 g/mol. The van der Waals surface area contributed by atoms with Crippen LogP contribution < -0.4 is 27.4 Å². The van der Waals surface area contributed by atoms with E-state index in [-0.39, 0.29) is 19.3 Å². The molecule has 1 aromatic heterocycles. The van der Waals surface area contributed by atoms with Gasteiger partial charge in [0.25, 0.3) is 0 Å². The molecular formula is C24H34N6O7. The molecule has 2 aromatic rings. The molecule has 0 aliphatic rings. The smallest absolute Gasteiger partial charge is 0.326 e. The molecule has 0 aliphatic heterocycles. The minimum atomic E-state index is -1.40. The Morgan fingerprint density at radius 1 is 0.973 bits per heavy atom. The number of fused-ring (bicyclic) bond motifs is 1. The summed E-state index contributed by atoms with van der Waals surface area (Å²) in [4.78, 5) is 63.7. The summed E-state index contributed by atoms with van der Waals surface area (Å²) in [6.45, 7) is 2.47. The van der Waals surface area contributed by atoms with Gasteiger partial charge >= 0.3 is 5.97 Å². The number of aliphatic hydroxyl groups is 1. The number of benzene rings is 1. The summed E-state index contributed by atoms with van der Waals surface area (Å²) < 4.78 is 0. The summed E-state index contributed by atoms with van der Waals surface area (Å²) in [6.07, 6.45) is 1.44. The van der Waals surface area contributed by atoms with Gasteiger partial charge in [-0.15, -0.1) is 0 Å². The fourth-order valence-corrected chi connectivity index (χ4v) is 3.70. The Balaban J connectivity index is 2.01. The first kappa shape index (κ1) is 29.3. The lowest BCUT2D eigenvalue weighted by Gasteiger charge is -2.26. The van der Waals surface area contributed by atoms with Crippen LogP contribution >= 0.6 is 0 Å². The summed E-state index contributed by atoms with van der Waals surface area (Å²) in [6, 6.07) is 2.49. The van der Waals surface area contributed by atoms with Crippen molar-refractivity contribution in [3.63, 3.8) is 0 Å². The molecule has 0 bridgehead atoms. The number of aliphatic hydroxyl groups excluding tert-OH is 1. The van der Waals surface area contributed by atoms with Gasteiger partial charge in [-0.3, -0.25) is 19.2 Å². The number of carboxylic acids is 1. The second-order valence-electron chi connectivity index (χ2n) is 9.05. The minimum absolute atomic E-state index is 0.175. The fraction of sp³-hybridized carbons (Fsp3) is 0.458. The fourth-order valence-electron chi connectivity index (χ4n) is 3.70. The zero-order valence-corrected chi connectivity index (χ0v) is 20.7. The zero-order valence-electron chi connectivity index (χ0n) is 20.7. The van der Waals surface area contributed by atoms with Crippen LogP contribution in [0.3, 0.4) is 0 Å². The Bertz CT molecular complexity index is 1130. The largest absolute Gasteiger partial charge is 0.480 e. The lowest BCUT2D eigenvalue weighted by Crippen LogP contribution is -2.59. The van der Waals surface area contributed by atoms with Crippen LogP contribution in [0.15, 0.2) is 30.5 Å². The number of para-hydroxylation sites is 1. The number of rotatable bonds is 14. The van der Waals surface area contributed by atoms with Crippen LogP contribution in [0.25, 0.3) is 10.9 Å². The number of aromatic nitrogens is 1. The van der Waals surface area contributed by atoms with Crippen molar-refractivity contribution in [3.05, 3.63) is 36.0 Å². The summed E-state index contributed by atoms with van der Waals surface area (Å²) in [5.41, 5.74) is 12.8.